The Morgan fingerprint density at radius 1 is 1.22 bits per heavy atom. The highest BCUT2D eigenvalue weighted by Gasteiger charge is 2.37. The first-order valence-corrected chi connectivity index (χ1v) is 3.63. The zero-order valence-electron chi connectivity index (χ0n) is 5.67. The summed E-state index contributed by atoms with van der Waals surface area (Å²) >= 11 is 0. The molecule has 0 spiro atoms. The Kier molecular flexibility index (Phi) is 1.24. The van der Waals surface area contributed by atoms with Crippen LogP contribution in [0.3, 0.4) is 0 Å². The summed E-state index contributed by atoms with van der Waals surface area (Å²) in [6.45, 7) is 3.06. The van der Waals surface area contributed by atoms with Crippen molar-refractivity contribution in [2.75, 3.05) is 6.61 Å². The topological polar surface area (TPSA) is 21.8 Å². The Hall–Kier alpha value is -0.0800. The minimum Gasteiger partial charge on any atom is -0.372 e. The quantitative estimate of drug-likeness (QED) is 0.490. The molecule has 0 N–H and O–H groups in total. The summed E-state index contributed by atoms with van der Waals surface area (Å²) in [5.74, 6) is 0. The van der Waals surface area contributed by atoms with Gasteiger partial charge in [0.05, 0.1) is 18.8 Å². The molecule has 0 amide bonds. The molecule has 2 saturated heterocycles. The third kappa shape index (κ3) is 1.10. The summed E-state index contributed by atoms with van der Waals surface area (Å²) in [6, 6.07) is 0. The van der Waals surface area contributed by atoms with Gasteiger partial charge < -0.3 is 9.47 Å². The fourth-order valence-corrected chi connectivity index (χ4v) is 1.38. The lowest BCUT2D eigenvalue weighted by atomic mass is 10.2. The average Bonchev–Trinajstić information content (AvgIpc) is 2.58. The molecular formula is C7H12O2. The van der Waals surface area contributed by atoms with Crippen LogP contribution in [0.4, 0.5) is 0 Å². The molecule has 2 fully saturated rings. The smallest absolute Gasteiger partial charge is 0.107 e. The van der Waals surface area contributed by atoms with Crippen LogP contribution in [0.2, 0.25) is 0 Å². The molecule has 1 unspecified atom stereocenters. The Bertz CT molecular complexity index is 109. The van der Waals surface area contributed by atoms with Gasteiger partial charge in [-0.25, -0.2) is 0 Å². The van der Waals surface area contributed by atoms with Crippen molar-refractivity contribution in [3.05, 3.63) is 0 Å². The van der Waals surface area contributed by atoms with E-state index in [1.807, 2.05) is 0 Å². The van der Waals surface area contributed by atoms with Crippen LogP contribution in [0, 0.1) is 0 Å². The third-order valence-electron chi connectivity index (χ3n) is 2.04. The summed E-state index contributed by atoms with van der Waals surface area (Å²) in [4.78, 5) is 0. The number of hydrogen-bond donors (Lipinski definition) is 0. The van der Waals surface area contributed by atoms with Crippen LogP contribution in [0.15, 0.2) is 0 Å². The van der Waals surface area contributed by atoms with Crippen molar-refractivity contribution in [3.8, 4) is 0 Å². The molecule has 2 rings (SSSR count). The van der Waals surface area contributed by atoms with E-state index in [-0.39, 0.29) is 0 Å². The van der Waals surface area contributed by atoms with Gasteiger partial charge in [0, 0.05) is 0 Å². The molecule has 2 heterocycles. The lowest BCUT2D eigenvalue weighted by Gasteiger charge is -2.05. The zero-order chi connectivity index (χ0) is 6.27. The molecule has 0 radical (unpaired) electrons. The minimum absolute atomic E-state index is 0.431. The Balaban J connectivity index is 1.86. The molecule has 2 aliphatic rings. The second-order valence-electron chi connectivity index (χ2n) is 2.93. The lowest BCUT2D eigenvalue weighted by molar-refractivity contribution is 0.0384. The molecule has 9 heavy (non-hydrogen) atoms. The molecular weight excluding hydrogens is 116 g/mol. The van der Waals surface area contributed by atoms with Gasteiger partial charge in [-0.3, -0.25) is 0 Å². The molecule has 2 aliphatic heterocycles. The molecule has 0 aromatic heterocycles. The van der Waals surface area contributed by atoms with Crippen molar-refractivity contribution in [3.63, 3.8) is 0 Å². The van der Waals surface area contributed by atoms with E-state index in [9.17, 15) is 0 Å². The summed E-state index contributed by atoms with van der Waals surface area (Å²) in [7, 11) is 0. The lowest BCUT2D eigenvalue weighted by Crippen LogP contribution is -2.14. The Morgan fingerprint density at radius 3 is 2.44 bits per heavy atom. The fourth-order valence-electron chi connectivity index (χ4n) is 1.38. The first kappa shape index (κ1) is 5.69. The number of epoxide rings is 1. The van der Waals surface area contributed by atoms with E-state index in [4.69, 9.17) is 9.47 Å². The van der Waals surface area contributed by atoms with Crippen LogP contribution in [-0.2, 0) is 9.47 Å². The van der Waals surface area contributed by atoms with Gasteiger partial charge in [-0.15, -0.1) is 0 Å². The van der Waals surface area contributed by atoms with E-state index in [1.54, 1.807) is 0 Å². The van der Waals surface area contributed by atoms with Crippen molar-refractivity contribution in [2.45, 2.75) is 38.1 Å². The van der Waals surface area contributed by atoms with Gasteiger partial charge in [0.2, 0.25) is 0 Å². The van der Waals surface area contributed by atoms with E-state index in [1.165, 1.54) is 12.8 Å². The van der Waals surface area contributed by atoms with E-state index < -0.39 is 0 Å². The molecule has 2 nitrogen and oxygen atoms in total. The van der Waals surface area contributed by atoms with E-state index in [0.717, 1.165) is 6.61 Å². The first-order chi connectivity index (χ1) is 4.36. The number of ether oxygens (including phenoxy) is 2. The highest BCUT2D eigenvalue weighted by molar-refractivity contribution is 4.84. The fraction of sp³-hybridized carbons (Fsp3) is 1.00. The van der Waals surface area contributed by atoms with Crippen molar-refractivity contribution < 1.29 is 9.47 Å². The van der Waals surface area contributed by atoms with Crippen LogP contribution >= 0.6 is 0 Å². The average molecular weight is 128 g/mol. The van der Waals surface area contributed by atoms with Gasteiger partial charge >= 0.3 is 0 Å². The molecule has 0 aliphatic carbocycles. The predicted octanol–water partition coefficient (Wildman–Crippen LogP) is 0.953. The van der Waals surface area contributed by atoms with Crippen molar-refractivity contribution in [1.29, 1.82) is 0 Å². The van der Waals surface area contributed by atoms with E-state index in [2.05, 4.69) is 6.92 Å². The van der Waals surface area contributed by atoms with Gasteiger partial charge in [-0.2, -0.15) is 0 Å². The normalized spacial score (nSPS) is 49.7. The molecule has 2 heteroatoms. The first-order valence-electron chi connectivity index (χ1n) is 3.63. The SMILES string of the molecule is C[C@@H]1CCC([C@@H]2CO2)O1. The summed E-state index contributed by atoms with van der Waals surface area (Å²) in [6.07, 6.45) is 3.77. The monoisotopic (exact) mass is 128 g/mol. The van der Waals surface area contributed by atoms with Crippen molar-refractivity contribution in [2.24, 2.45) is 0 Å². The van der Waals surface area contributed by atoms with Crippen LogP contribution < -0.4 is 0 Å². The maximum Gasteiger partial charge on any atom is 0.107 e. The summed E-state index contributed by atoms with van der Waals surface area (Å²) < 4.78 is 10.7. The molecule has 0 bridgehead atoms. The van der Waals surface area contributed by atoms with Crippen LogP contribution in [0.5, 0.6) is 0 Å². The number of rotatable bonds is 1. The molecule has 0 aromatic carbocycles. The summed E-state index contributed by atoms with van der Waals surface area (Å²) in [5.41, 5.74) is 0. The van der Waals surface area contributed by atoms with Gasteiger partial charge in [-0.1, -0.05) is 0 Å². The minimum atomic E-state index is 0.431. The Morgan fingerprint density at radius 2 is 2.00 bits per heavy atom. The molecule has 3 atom stereocenters. The third-order valence-corrected chi connectivity index (χ3v) is 2.04. The highest BCUT2D eigenvalue weighted by Crippen LogP contribution is 2.28. The van der Waals surface area contributed by atoms with Crippen LogP contribution in [-0.4, -0.2) is 24.9 Å². The van der Waals surface area contributed by atoms with E-state index >= 15 is 0 Å². The maximum absolute atomic E-state index is 5.56. The van der Waals surface area contributed by atoms with Gasteiger partial charge in [-0.05, 0) is 19.8 Å². The van der Waals surface area contributed by atoms with Crippen molar-refractivity contribution in [1.82, 2.24) is 0 Å². The second-order valence-corrected chi connectivity index (χ2v) is 2.93. The predicted molar refractivity (Wildman–Crippen MR) is 33.3 cm³/mol. The largest absolute Gasteiger partial charge is 0.372 e. The zero-order valence-corrected chi connectivity index (χ0v) is 5.67. The molecule has 52 valence electrons. The highest BCUT2D eigenvalue weighted by atomic mass is 16.6. The van der Waals surface area contributed by atoms with Gasteiger partial charge in [0.1, 0.15) is 6.10 Å². The molecule has 0 aromatic rings. The van der Waals surface area contributed by atoms with Crippen LogP contribution in [0.25, 0.3) is 0 Å². The second kappa shape index (κ2) is 1.96. The number of hydrogen-bond acceptors (Lipinski definition) is 2. The van der Waals surface area contributed by atoms with Crippen LogP contribution in [0.1, 0.15) is 19.8 Å². The maximum atomic E-state index is 5.56. The van der Waals surface area contributed by atoms with Gasteiger partial charge in [0.25, 0.3) is 0 Å². The summed E-state index contributed by atoms with van der Waals surface area (Å²) in [5, 5.41) is 0. The Labute approximate surface area is 55.1 Å². The van der Waals surface area contributed by atoms with Crippen molar-refractivity contribution >= 4 is 0 Å². The molecule has 0 saturated carbocycles. The van der Waals surface area contributed by atoms with Gasteiger partial charge in [0.15, 0.2) is 0 Å². The van der Waals surface area contributed by atoms with E-state index in [0.29, 0.717) is 18.3 Å². The standard InChI is InChI=1S/C7H12O2/c1-5-2-3-6(9-5)7-4-8-7/h5-7H,2-4H2,1H3/t5-,6?,7+/m1/s1.